The molecule has 0 bridgehead atoms. The van der Waals surface area contributed by atoms with Crippen molar-refractivity contribution in [1.29, 1.82) is 0 Å². The number of anilines is 1. The number of benzene rings is 1. The van der Waals surface area contributed by atoms with Crippen molar-refractivity contribution < 1.29 is 14.2 Å². The number of nitrogens with zero attached hydrogens (tertiary/aromatic N) is 2. The van der Waals surface area contributed by atoms with Crippen LogP contribution in [-0.2, 0) is 7.05 Å². The summed E-state index contributed by atoms with van der Waals surface area (Å²) >= 11 is 0. The Balaban J connectivity index is 2.30. The Kier molecular flexibility index (Phi) is 4.57. The average molecular weight is 291 g/mol. The lowest BCUT2D eigenvalue weighted by Gasteiger charge is -2.18. The van der Waals surface area contributed by atoms with Crippen LogP contribution < -0.4 is 19.5 Å². The minimum absolute atomic E-state index is 0.0489. The van der Waals surface area contributed by atoms with Gasteiger partial charge in [-0.3, -0.25) is 0 Å². The van der Waals surface area contributed by atoms with E-state index in [4.69, 9.17) is 14.2 Å². The predicted molar refractivity (Wildman–Crippen MR) is 81.3 cm³/mol. The van der Waals surface area contributed by atoms with Gasteiger partial charge in [0.2, 0.25) is 5.75 Å². The Morgan fingerprint density at radius 2 is 1.71 bits per heavy atom. The number of rotatable bonds is 6. The normalized spacial score (nSPS) is 11.9. The molecular weight excluding hydrogens is 270 g/mol. The van der Waals surface area contributed by atoms with E-state index in [-0.39, 0.29) is 6.04 Å². The van der Waals surface area contributed by atoms with Crippen molar-refractivity contribution in [1.82, 2.24) is 9.55 Å². The summed E-state index contributed by atoms with van der Waals surface area (Å²) in [6.45, 7) is 2.05. The lowest BCUT2D eigenvalue weighted by atomic mass is 10.2. The Morgan fingerprint density at radius 3 is 2.14 bits per heavy atom. The van der Waals surface area contributed by atoms with Gasteiger partial charge in [-0.15, -0.1) is 0 Å². The van der Waals surface area contributed by atoms with Crippen LogP contribution in [0.1, 0.15) is 18.8 Å². The summed E-state index contributed by atoms with van der Waals surface area (Å²) < 4.78 is 18.0. The van der Waals surface area contributed by atoms with Crippen molar-refractivity contribution in [3.8, 4) is 17.2 Å². The third-order valence-corrected chi connectivity index (χ3v) is 3.29. The summed E-state index contributed by atoms with van der Waals surface area (Å²) in [5.74, 6) is 2.76. The Morgan fingerprint density at radius 1 is 1.10 bits per heavy atom. The van der Waals surface area contributed by atoms with Crippen LogP contribution in [0.5, 0.6) is 17.2 Å². The van der Waals surface area contributed by atoms with Crippen LogP contribution >= 0.6 is 0 Å². The molecule has 0 saturated carbocycles. The van der Waals surface area contributed by atoms with E-state index in [0.717, 1.165) is 11.5 Å². The Hall–Kier alpha value is -2.37. The van der Waals surface area contributed by atoms with E-state index in [1.807, 2.05) is 36.9 Å². The molecule has 1 heterocycles. The van der Waals surface area contributed by atoms with Gasteiger partial charge in [-0.1, -0.05) is 0 Å². The number of ether oxygens (including phenoxy) is 3. The molecule has 2 aromatic rings. The molecule has 6 heteroatoms. The molecule has 0 saturated heterocycles. The largest absolute Gasteiger partial charge is 0.493 e. The smallest absolute Gasteiger partial charge is 0.203 e. The zero-order valence-electron chi connectivity index (χ0n) is 13.0. The van der Waals surface area contributed by atoms with Crippen LogP contribution in [0.4, 0.5) is 5.69 Å². The Labute approximate surface area is 124 Å². The highest BCUT2D eigenvalue weighted by Crippen LogP contribution is 2.40. The molecular formula is C15H21N3O3. The number of methoxy groups -OCH3 is 3. The van der Waals surface area contributed by atoms with E-state index in [2.05, 4.69) is 10.3 Å². The van der Waals surface area contributed by atoms with Gasteiger partial charge in [-0.2, -0.15) is 0 Å². The van der Waals surface area contributed by atoms with E-state index in [1.54, 1.807) is 27.5 Å². The van der Waals surface area contributed by atoms with Gasteiger partial charge < -0.3 is 24.1 Å². The lowest BCUT2D eigenvalue weighted by molar-refractivity contribution is 0.324. The van der Waals surface area contributed by atoms with Gasteiger partial charge in [0, 0.05) is 37.3 Å². The number of aromatic nitrogens is 2. The summed E-state index contributed by atoms with van der Waals surface area (Å²) in [6.07, 6.45) is 3.70. The van der Waals surface area contributed by atoms with Gasteiger partial charge >= 0.3 is 0 Å². The van der Waals surface area contributed by atoms with E-state index in [9.17, 15) is 0 Å². The van der Waals surface area contributed by atoms with E-state index >= 15 is 0 Å². The molecule has 1 atom stereocenters. The zero-order chi connectivity index (χ0) is 15.4. The highest BCUT2D eigenvalue weighted by molar-refractivity contribution is 5.62. The van der Waals surface area contributed by atoms with Crippen molar-refractivity contribution in [2.45, 2.75) is 13.0 Å². The second kappa shape index (κ2) is 6.39. The molecule has 21 heavy (non-hydrogen) atoms. The van der Waals surface area contributed by atoms with Gasteiger partial charge in [-0.05, 0) is 6.92 Å². The topological polar surface area (TPSA) is 57.5 Å². The monoisotopic (exact) mass is 291 g/mol. The summed E-state index contributed by atoms with van der Waals surface area (Å²) in [4.78, 5) is 4.34. The summed E-state index contributed by atoms with van der Waals surface area (Å²) in [7, 11) is 6.76. The van der Waals surface area contributed by atoms with Gasteiger partial charge in [0.1, 0.15) is 5.82 Å². The van der Waals surface area contributed by atoms with Crippen LogP contribution in [0, 0.1) is 0 Å². The molecule has 0 radical (unpaired) electrons. The third kappa shape index (κ3) is 3.04. The zero-order valence-corrected chi connectivity index (χ0v) is 13.0. The fraction of sp³-hybridized carbons (Fsp3) is 0.400. The van der Waals surface area contributed by atoms with Gasteiger partial charge in [0.05, 0.1) is 27.4 Å². The van der Waals surface area contributed by atoms with E-state index in [1.165, 1.54) is 0 Å². The number of aryl methyl sites for hydroxylation is 1. The molecule has 0 amide bonds. The lowest BCUT2D eigenvalue weighted by Crippen LogP contribution is -2.12. The van der Waals surface area contributed by atoms with Gasteiger partial charge in [0.15, 0.2) is 11.5 Å². The van der Waals surface area contributed by atoms with Crippen LogP contribution in [-0.4, -0.2) is 30.9 Å². The second-order valence-electron chi connectivity index (χ2n) is 4.68. The minimum atomic E-state index is 0.0489. The number of imidazole rings is 1. The van der Waals surface area contributed by atoms with Crippen LogP contribution in [0.3, 0.4) is 0 Å². The molecule has 1 N–H and O–H groups in total. The fourth-order valence-electron chi connectivity index (χ4n) is 2.27. The van der Waals surface area contributed by atoms with Crippen molar-refractivity contribution in [2.24, 2.45) is 7.05 Å². The third-order valence-electron chi connectivity index (χ3n) is 3.29. The van der Waals surface area contributed by atoms with Crippen molar-refractivity contribution in [3.63, 3.8) is 0 Å². The highest BCUT2D eigenvalue weighted by Gasteiger charge is 2.16. The van der Waals surface area contributed by atoms with Crippen molar-refractivity contribution >= 4 is 5.69 Å². The SMILES string of the molecule is COc1cc(NC(C)c2nccn2C)cc(OC)c1OC. The first-order valence-corrected chi connectivity index (χ1v) is 6.64. The fourth-order valence-corrected chi connectivity index (χ4v) is 2.27. The molecule has 0 aliphatic heterocycles. The average Bonchev–Trinajstić information content (AvgIpc) is 2.92. The first-order valence-electron chi connectivity index (χ1n) is 6.64. The molecule has 114 valence electrons. The molecule has 1 aromatic carbocycles. The summed E-state index contributed by atoms with van der Waals surface area (Å²) in [5, 5.41) is 3.39. The highest BCUT2D eigenvalue weighted by atomic mass is 16.5. The minimum Gasteiger partial charge on any atom is -0.493 e. The first-order chi connectivity index (χ1) is 10.1. The molecule has 1 aromatic heterocycles. The first kappa shape index (κ1) is 15.0. The number of nitrogens with one attached hydrogen (secondary N) is 1. The maximum atomic E-state index is 5.35. The quantitative estimate of drug-likeness (QED) is 0.886. The predicted octanol–water partition coefficient (Wildman–Crippen LogP) is 2.62. The van der Waals surface area contributed by atoms with Crippen LogP contribution in [0.25, 0.3) is 0 Å². The van der Waals surface area contributed by atoms with Crippen molar-refractivity contribution in [2.75, 3.05) is 26.6 Å². The molecule has 1 unspecified atom stereocenters. The number of hydrogen-bond donors (Lipinski definition) is 1. The van der Waals surface area contributed by atoms with E-state index < -0.39 is 0 Å². The summed E-state index contributed by atoms with van der Waals surface area (Å²) in [5.41, 5.74) is 0.875. The maximum absolute atomic E-state index is 5.35. The van der Waals surface area contributed by atoms with Gasteiger partial charge in [-0.25, -0.2) is 4.98 Å². The van der Waals surface area contributed by atoms with Crippen molar-refractivity contribution in [3.05, 3.63) is 30.4 Å². The maximum Gasteiger partial charge on any atom is 0.203 e. The van der Waals surface area contributed by atoms with Crippen LogP contribution in [0.2, 0.25) is 0 Å². The Bertz CT molecular complexity index is 585. The molecule has 0 aliphatic carbocycles. The molecule has 6 nitrogen and oxygen atoms in total. The second-order valence-corrected chi connectivity index (χ2v) is 4.68. The molecule has 2 rings (SSSR count). The standard InChI is InChI=1S/C15H21N3O3/c1-10(15-16-6-7-18(15)2)17-11-8-12(19-3)14(21-5)13(9-11)20-4/h6-10,17H,1-5H3. The molecule has 0 spiro atoms. The van der Waals surface area contributed by atoms with Crippen LogP contribution in [0.15, 0.2) is 24.5 Å². The molecule has 0 fully saturated rings. The summed E-state index contributed by atoms with van der Waals surface area (Å²) in [6, 6.07) is 3.80. The number of hydrogen-bond acceptors (Lipinski definition) is 5. The van der Waals surface area contributed by atoms with E-state index in [0.29, 0.717) is 17.2 Å². The van der Waals surface area contributed by atoms with Gasteiger partial charge in [0.25, 0.3) is 0 Å². The molecule has 0 aliphatic rings.